The largest absolute Gasteiger partial charge is 0.493 e. The molecule has 0 aliphatic heterocycles. The molecule has 28 heavy (non-hydrogen) atoms. The fourth-order valence-electron chi connectivity index (χ4n) is 3.04. The molecular weight excluding hydrogens is 359 g/mol. The van der Waals surface area contributed by atoms with Crippen LogP contribution in [0.25, 0.3) is 0 Å². The van der Waals surface area contributed by atoms with Crippen LogP contribution >= 0.6 is 0 Å². The highest BCUT2D eigenvalue weighted by Gasteiger charge is 2.17. The van der Waals surface area contributed by atoms with Crippen molar-refractivity contribution in [3.63, 3.8) is 0 Å². The number of hydrogen-bond donors (Lipinski definition) is 0. The van der Waals surface area contributed by atoms with Crippen LogP contribution in [-0.4, -0.2) is 26.3 Å². The fraction of sp³-hybridized carbons (Fsp3) is 0.227. The van der Waals surface area contributed by atoms with Gasteiger partial charge in [0.25, 0.3) is 0 Å². The first-order valence-corrected chi connectivity index (χ1v) is 8.84. The summed E-state index contributed by atoms with van der Waals surface area (Å²) in [4.78, 5) is 6.44. The Kier molecular flexibility index (Phi) is 6.32. The summed E-state index contributed by atoms with van der Waals surface area (Å²) < 4.78 is 30.5. The minimum absolute atomic E-state index is 0.242. The predicted octanol–water partition coefficient (Wildman–Crippen LogP) is 4.45. The Morgan fingerprint density at radius 3 is 2.11 bits per heavy atom. The molecule has 5 nitrogen and oxygen atoms in total. The molecule has 0 aliphatic rings. The molecule has 0 amide bonds. The van der Waals surface area contributed by atoms with Crippen LogP contribution in [0.1, 0.15) is 11.1 Å². The van der Waals surface area contributed by atoms with Crippen LogP contribution in [0.5, 0.6) is 17.2 Å². The molecule has 6 heteroatoms. The van der Waals surface area contributed by atoms with Crippen molar-refractivity contribution in [1.29, 1.82) is 0 Å². The van der Waals surface area contributed by atoms with Gasteiger partial charge in [0.05, 0.1) is 21.3 Å². The van der Waals surface area contributed by atoms with Gasteiger partial charge in [-0.05, 0) is 35.9 Å². The maximum Gasteiger partial charge on any atom is 0.203 e. The van der Waals surface area contributed by atoms with Gasteiger partial charge in [-0.1, -0.05) is 24.3 Å². The Balaban J connectivity index is 1.97. The van der Waals surface area contributed by atoms with Crippen LogP contribution in [-0.2, 0) is 13.1 Å². The van der Waals surface area contributed by atoms with Gasteiger partial charge in [0.2, 0.25) is 5.75 Å². The Labute approximate surface area is 164 Å². The Hall–Kier alpha value is -3.28. The third kappa shape index (κ3) is 4.34. The lowest BCUT2D eigenvalue weighted by Gasteiger charge is -2.25. The lowest BCUT2D eigenvalue weighted by atomic mass is 10.1. The highest BCUT2D eigenvalue weighted by Crippen LogP contribution is 2.38. The second kappa shape index (κ2) is 9.08. The molecule has 0 N–H and O–H groups in total. The number of pyridine rings is 1. The lowest BCUT2D eigenvalue weighted by molar-refractivity contribution is 0.323. The molecule has 0 saturated heterocycles. The molecule has 0 unspecified atom stereocenters. The molecule has 3 rings (SSSR count). The predicted molar refractivity (Wildman–Crippen MR) is 107 cm³/mol. The second-order valence-corrected chi connectivity index (χ2v) is 6.17. The number of nitrogens with zero attached hydrogens (tertiary/aromatic N) is 2. The average molecular weight is 382 g/mol. The van der Waals surface area contributed by atoms with Crippen molar-refractivity contribution in [2.45, 2.75) is 13.1 Å². The number of aromatic nitrogens is 1. The molecular formula is C22H23FN2O3. The van der Waals surface area contributed by atoms with Crippen LogP contribution in [0.15, 0.2) is 60.8 Å². The van der Waals surface area contributed by atoms with Crippen LogP contribution in [0.2, 0.25) is 0 Å². The van der Waals surface area contributed by atoms with Crippen molar-refractivity contribution in [1.82, 2.24) is 4.98 Å². The maximum atomic E-state index is 14.2. The first kappa shape index (κ1) is 19.5. The van der Waals surface area contributed by atoms with Gasteiger partial charge in [-0.25, -0.2) is 9.37 Å². The van der Waals surface area contributed by atoms with Gasteiger partial charge in [0.15, 0.2) is 11.5 Å². The van der Waals surface area contributed by atoms with E-state index >= 15 is 0 Å². The van der Waals surface area contributed by atoms with Crippen molar-refractivity contribution in [2.75, 3.05) is 26.2 Å². The number of benzene rings is 2. The van der Waals surface area contributed by atoms with E-state index in [1.807, 2.05) is 41.3 Å². The van der Waals surface area contributed by atoms with Crippen LogP contribution in [0.3, 0.4) is 0 Å². The van der Waals surface area contributed by atoms with Crippen molar-refractivity contribution in [3.05, 3.63) is 77.7 Å². The summed E-state index contributed by atoms with van der Waals surface area (Å²) in [5.74, 6) is 2.19. The third-order valence-electron chi connectivity index (χ3n) is 4.39. The molecule has 146 valence electrons. The number of ether oxygens (including phenoxy) is 3. The zero-order valence-corrected chi connectivity index (χ0v) is 16.2. The van der Waals surface area contributed by atoms with Crippen LogP contribution in [0.4, 0.5) is 10.2 Å². The smallest absolute Gasteiger partial charge is 0.203 e. The van der Waals surface area contributed by atoms with Crippen molar-refractivity contribution < 1.29 is 18.6 Å². The van der Waals surface area contributed by atoms with Crippen molar-refractivity contribution in [3.8, 4) is 17.2 Å². The van der Waals surface area contributed by atoms with E-state index in [0.29, 0.717) is 35.9 Å². The molecule has 0 bridgehead atoms. The molecule has 0 atom stereocenters. The highest BCUT2D eigenvalue weighted by molar-refractivity contribution is 5.54. The van der Waals surface area contributed by atoms with E-state index in [1.54, 1.807) is 39.7 Å². The molecule has 2 aromatic carbocycles. The maximum absolute atomic E-state index is 14.2. The van der Waals surface area contributed by atoms with Gasteiger partial charge in [-0.15, -0.1) is 0 Å². The minimum Gasteiger partial charge on any atom is -0.493 e. The SMILES string of the molecule is COc1cc(CN(Cc2ccccc2F)c2ccccn2)cc(OC)c1OC. The standard InChI is InChI=1S/C22H23FN2O3/c1-26-19-12-16(13-20(27-2)22(19)28-3)14-25(21-10-6-7-11-24-21)15-17-8-4-5-9-18(17)23/h4-13H,14-15H2,1-3H3. The Bertz CT molecular complexity index is 894. The van der Waals surface area contributed by atoms with Gasteiger partial charge < -0.3 is 19.1 Å². The van der Waals surface area contributed by atoms with Crippen molar-refractivity contribution >= 4 is 5.82 Å². The molecule has 0 spiro atoms. The van der Waals surface area contributed by atoms with Gasteiger partial charge >= 0.3 is 0 Å². The van der Waals surface area contributed by atoms with E-state index in [9.17, 15) is 4.39 Å². The minimum atomic E-state index is -0.242. The Morgan fingerprint density at radius 2 is 1.54 bits per heavy atom. The van der Waals surface area contributed by atoms with E-state index in [-0.39, 0.29) is 5.82 Å². The van der Waals surface area contributed by atoms with Crippen LogP contribution < -0.4 is 19.1 Å². The summed E-state index contributed by atoms with van der Waals surface area (Å²) in [5.41, 5.74) is 1.53. The van der Waals surface area contributed by atoms with Gasteiger partial charge in [-0.2, -0.15) is 0 Å². The third-order valence-corrected chi connectivity index (χ3v) is 4.39. The van der Waals surface area contributed by atoms with E-state index in [2.05, 4.69) is 4.98 Å². The number of hydrogen-bond acceptors (Lipinski definition) is 5. The first-order chi connectivity index (χ1) is 13.7. The highest BCUT2D eigenvalue weighted by atomic mass is 19.1. The van der Waals surface area contributed by atoms with Gasteiger partial charge in [-0.3, -0.25) is 0 Å². The van der Waals surface area contributed by atoms with E-state index in [4.69, 9.17) is 14.2 Å². The normalized spacial score (nSPS) is 10.4. The lowest BCUT2D eigenvalue weighted by Crippen LogP contribution is -2.23. The Morgan fingerprint density at radius 1 is 0.857 bits per heavy atom. The summed E-state index contributed by atoms with van der Waals surface area (Å²) in [6.07, 6.45) is 1.72. The average Bonchev–Trinajstić information content (AvgIpc) is 2.74. The van der Waals surface area contributed by atoms with Gasteiger partial charge in [0, 0.05) is 24.8 Å². The van der Waals surface area contributed by atoms with Crippen molar-refractivity contribution in [2.24, 2.45) is 0 Å². The van der Waals surface area contributed by atoms with E-state index < -0.39 is 0 Å². The summed E-state index contributed by atoms with van der Waals surface area (Å²) >= 11 is 0. The van der Waals surface area contributed by atoms with E-state index in [1.165, 1.54) is 6.07 Å². The number of methoxy groups -OCH3 is 3. The summed E-state index contributed by atoms with van der Waals surface area (Å²) in [7, 11) is 4.73. The number of halogens is 1. The molecule has 0 aliphatic carbocycles. The molecule has 0 radical (unpaired) electrons. The summed E-state index contributed by atoms with van der Waals surface area (Å²) in [6.45, 7) is 0.864. The number of anilines is 1. The van der Waals surface area contributed by atoms with Crippen LogP contribution in [0, 0.1) is 5.82 Å². The number of rotatable bonds is 8. The molecule has 1 heterocycles. The first-order valence-electron chi connectivity index (χ1n) is 8.84. The quantitative estimate of drug-likeness (QED) is 0.576. The zero-order valence-electron chi connectivity index (χ0n) is 16.2. The molecule has 3 aromatic rings. The zero-order chi connectivity index (χ0) is 19.9. The molecule has 0 saturated carbocycles. The van der Waals surface area contributed by atoms with E-state index in [0.717, 1.165) is 11.4 Å². The fourth-order valence-corrected chi connectivity index (χ4v) is 3.04. The molecule has 1 aromatic heterocycles. The topological polar surface area (TPSA) is 43.8 Å². The second-order valence-electron chi connectivity index (χ2n) is 6.17. The monoisotopic (exact) mass is 382 g/mol. The summed E-state index contributed by atoms with van der Waals surface area (Å²) in [5, 5.41) is 0. The molecule has 0 fully saturated rings. The van der Waals surface area contributed by atoms with Gasteiger partial charge in [0.1, 0.15) is 11.6 Å². The summed E-state index contributed by atoms with van der Waals surface area (Å²) in [6, 6.07) is 16.2.